The van der Waals surface area contributed by atoms with Crippen LogP contribution in [0, 0.1) is 5.41 Å². The van der Waals surface area contributed by atoms with Crippen molar-refractivity contribution in [2.75, 3.05) is 5.43 Å². The SMILES string of the molecule is N=C(N=C(Nn1c(-c2ccccn2)c2c3c(cccc31)-c1ccccc1-c1ccccc1-2)c1ccccc1)c1ccccc1. The lowest BCUT2D eigenvalue weighted by molar-refractivity contribution is 1.03. The maximum atomic E-state index is 8.90. The van der Waals surface area contributed by atoms with Crippen LogP contribution < -0.4 is 5.43 Å². The number of aliphatic imine (C=N–C) groups is 1. The molecule has 8 rings (SSSR count). The monoisotopic (exact) mass is 565 g/mol. The maximum absolute atomic E-state index is 8.90. The van der Waals surface area contributed by atoms with Gasteiger partial charge >= 0.3 is 0 Å². The number of nitrogens with zero attached hydrogens (tertiary/aromatic N) is 3. The van der Waals surface area contributed by atoms with Crippen molar-refractivity contribution in [3.63, 3.8) is 0 Å². The van der Waals surface area contributed by atoms with E-state index in [1.807, 2.05) is 79.0 Å². The third kappa shape index (κ3) is 4.22. The van der Waals surface area contributed by atoms with E-state index in [1.54, 1.807) is 0 Å². The summed E-state index contributed by atoms with van der Waals surface area (Å²) in [5, 5.41) is 10.0. The molecule has 1 aliphatic rings. The summed E-state index contributed by atoms with van der Waals surface area (Å²) in [5.74, 6) is 0.741. The van der Waals surface area contributed by atoms with Gasteiger partial charge in [0.1, 0.15) is 0 Å². The first-order valence-electron chi connectivity index (χ1n) is 14.6. The van der Waals surface area contributed by atoms with Gasteiger partial charge in [-0.05, 0) is 46.0 Å². The van der Waals surface area contributed by atoms with Crippen molar-refractivity contribution >= 4 is 22.6 Å². The molecule has 0 amide bonds. The van der Waals surface area contributed by atoms with Crippen molar-refractivity contribution < 1.29 is 0 Å². The molecule has 5 aromatic carbocycles. The van der Waals surface area contributed by atoms with E-state index in [2.05, 4.69) is 82.9 Å². The van der Waals surface area contributed by atoms with Crippen LogP contribution in [0.25, 0.3) is 55.7 Å². The van der Waals surface area contributed by atoms with E-state index in [9.17, 15) is 0 Å². The van der Waals surface area contributed by atoms with Gasteiger partial charge < -0.3 is 0 Å². The highest BCUT2D eigenvalue weighted by atomic mass is 15.4. The second-order valence-electron chi connectivity index (χ2n) is 10.7. The number of amidine groups is 2. The largest absolute Gasteiger partial charge is 0.282 e. The van der Waals surface area contributed by atoms with Crippen LogP contribution in [-0.2, 0) is 0 Å². The molecule has 44 heavy (non-hydrogen) atoms. The Labute approximate surface area is 255 Å². The summed E-state index contributed by atoms with van der Waals surface area (Å²) < 4.78 is 2.10. The molecule has 0 unspecified atom stereocenters. The van der Waals surface area contributed by atoms with E-state index in [0.29, 0.717) is 5.84 Å². The lowest BCUT2D eigenvalue weighted by Gasteiger charge is -2.18. The van der Waals surface area contributed by atoms with Gasteiger partial charge in [0.25, 0.3) is 0 Å². The third-order valence-corrected chi connectivity index (χ3v) is 8.14. The quantitative estimate of drug-likeness (QED) is 0.165. The maximum Gasteiger partial charge on any atom is 0.154 e. The number of nitrogens with one attached hydrogen (secondary N) is 2. The molecule has 208 valence electrons. The first-order valence-corrected chi connectivity index (χ1v) is 14.6. The van der Waals surface area contributed by atoms with Crippen molar-refractivity contribution in [2.24, 2.45) is 4.99 Å². The molecule has 0 fully saturated rings. The van der Waals surface area contributed by atoms with E-state index in [4.69, 9.17) is 15.4 Å². The lowest BCUT2D eigenvalue weighted by atomic mass is 9.93. The molecule has 7 aromatic rings. The highest BCUT2D eigenvalue weighted by molar-refractivity contribution is 6.19. The standard InChI is InChI=1S/C39H27N5/c40-38(26-14-3-1-4-15-26)42-39(27-16-5-2-6-17-27)43-44-34-24-13-22-31-29-19-8-7-18-28(29)30-20-9-10-21-32(30)36(35(31)34)37(44)33-23-11-12-25-41-33/h1-25H,(H2,40,42,43). The van der Waals surface area contributed by atoms with Gasteiger partial charge in [-0.2, -0.15) is 0 Å². The van der Waals surface area contributed by atoms with Gasteiger partial charge in [0.05, 0.1) is 16.9 Å². The second kappa shape index (κ2) is 10.6. The number of pyridine rings is 1. The fourth-order valence-corrected chi connectivity index (χ4v) is 6.21. The van der Waals surface area contributed by atoms with Gasteiger partial charge in [-0.1, -0.05) is 127 Å². The fourth-order valence-electron chi connectivity index (χ4n) is 6.21. The van der Waals surface area contributed by atoms with Gasteiger partial charge in [-0.25, -0.2) is 4.99 Å². The Kier molecular flexibility index (Phi) is 6.20. The third-order valence-electron chi connectivity index (χ3n) is 8.14. The summed E-state index contributed by atoms with van der Waals surface area (Å²) in [6.45, 7) is 0. The van der Waals surface area contributed by atoms with Crippen LogP contribution in [0.4, 0.5) is 0 Å². The highest BCUT2D eigenvalue weighted by Gasteiger charge is 2.29. The molecule has 5 heteroatoms. The molecule has 0 spiro atoms. The van der Waals surface area contributed by atoms with Crippen LogP contribution in [0.2, 0.25) is 0 Å². The van der Waals surface area contributed by atoms with Gasteiger partial charge in [0.15, 0.2) is 11.7 Å². The van der Waals surface area contributed by atoms with Gasteiger partial charge in [0, 0.05) is 28.3 Å². The topological polar surface area (TPSA) is 66.1 Å². The molecule has 2 heterocycles. The number of aromatic nitrogens is 2. The number of fused-ring (bicyclic) bond motifs is 5. The summed E-state index contributed by atoms with van der Waals surface area (Å²) in [7, 11) is 0. The van der Waals surface area contributed by atoms with Gasteiger partial charge in [-0.15, -0.1) is 0 Å². The molecule has 1 aliphatic carbocycles. The Balaban J connectivity index is 1.45. The minimum atomic E-state index is 0.175. The first-order chi connectivity index (χ1) is 21.8. The normalized spacial score (nSPS) is 11.9. The summed E-state index contributed by atoms with van der Waals surface area (Å²) in [5.41, 5.74) is 15.1. The number of rotatable bonds is 4. The molecule has 0 aliphatic heterocycles. The molecule has 5 nitrogen and oxygen atoms in total. The Hall–Kier alpha value is -6.07. The Morgan fingerprint density at radius 2 is 1.14 bits per heavy atom. The van der Waals surface area contributed by atoms with Crippen molar-refractivity contribution in [2.45, 2.75) is 0 Å². The van der Waals surface area contributed by atoms with Crippen LogP contribution in [-0.4, -0.2) is 21.3 Å². The van der Waals surface area contributed by atoms with E-state index in [1.165, 1.54) is 16.7 Å². The molecular formula is C39H27N5. The average molecular weight is 566 g/mol. The molecule has 2 N–H and O–H groups in total. The van der Waals surface area contributed by atoms with E-state index >= 15 is 0 Å². The molecular weight excluding hydrogens is 538 g/mol. The molecule has 2 aromatic heterocycles. The van der Waals surface area contributed by atoms with E-state index in [0.717, 1.165) is 50.1 Å². The molecule has 0 atom stereocenters. The van der Waals surface area contributed by atoms with Gasteiger partial charge in [-0.3, -0.25) is 20.5 Å². The van der Waals surface area contributed by atoms with Crippen LogP contribution >= 0.6 is 0 Å². The molecule has 0 saturated carbocycles. The number of hydrogen-bond donors (Lipinski definition) is 2. The van der Waals surface area contributed by atoms with E-state index in [-0.39, 0.29) is 5.84 Å². The van der Waals surface area contributed by atoms with E-state index < -0.39 is 0 Å². The van der Waals surface area contributed by atoms with Crippen molar-refractivity contribution in [3.05, 3.63) is 163 Å². The van der Waals surface area contributed by atoms with Crippen LogP contribution in [0.1, 0.15) is 11.1 Å². The summed E-state index contributed by atoms with van der Waals surface area (Å²) in [4.78, 5) is 9.74. The first kappa shape index (κ1) is 25.6. The Bertz CT molecular complexity index is 2200. The Morgan fingerprint density at radius 3 is 1.82 bits per heavy atom. The molecule has 0 saturated heterocycles. The van der Waals surface area contributed by atoms with Crippen LogP contribution in [0.3, 0.4) is 0 Å². The minimum absolute atomic E-state index is 0.175. The minimum Gasteiger partial charge on any atom is -0.282 e. The van der Waals surface area contributed by atoms with Crippen LogP contribution in [0.15, 0.2) is 157 Å². The summed E-state index contributed by atoms with van der Waals surface area (Å²) in [6.07, 6.45) is 1.83. The van der Waals surface area contributed by atoms with Crippen molar-refractivity contribution in [3.8, 4) is 44.8 Å². The second-order valence-corrected chi connectivity index (χ2v) is 10.7. The molecule has 0 radical (unpaired) electrons. The summed E-state index contributed by atoms with van der Waals surface area (Å²) >= 11 is 0. The fraction of sp³-hybridized carbons (Fsp3) is 0. The predicted octanol–water partition coefficient (Wildman–Crippen LogP) is 9.03. The van der Waals surface area contributed by atoms with Crippen molar-refractivity contribution in [1.29, 1.82) is 5.41 Å². The highest BCUT2D eigenvalue weighted by Crippen LogP contribution is 2.51. The van der Waals surface area contributed by atoms with Crippen LogP contribution in [0.5, 0.6) is 0 Å². The summed E-state index contributed by atoms with van der Waals surface area (Å²) in [6, 6.07) is 49.3. The van der Waals surface area contributed by atoms with Crippen molar-refractivity contribution in [1.82, 2.24) is 9.66 Å². The number of benzene rings is 5. The van der Waals surface area contributed by atoms with Gasteiger partial charge in [0.2, 0.25) is 0 Å². The lowest BCUT2D eigenvalue weighted by Crippen LogP contribution is -2.26. The average Bonchev–Trinajstić information content (AvgIpc) is 3.36. The predicted molar refractivity (Wildman–Crippen MR) is 181 cm³/mol. The number of hydrogen-bond acceptors (Lipinski definition) is 2. The zero-order valence-electron chi connectivity index (χ0n) is 23.8. The zero-order chi connectivity index (χ0) is 29.5. The zero-order valence-corrected chi connectivity index (χ0v) is 23.8. The smallest absolute Gasteiger partial charge is 0.154 e. The Morgan fingerprint density at radius 1 is 0.568 bits per heavy atom. The molecule has 0 bridgehead atoms.